The molecule has 0 heterocycles. The van der Waals surface area contributed by atoms with Gasteiger partial charge in [-0.3, -0.25) is 4.67 Å². The zero-order valence-corrected chi connectivity index (χ0v) is 10.6. The van der Waals surface area contributed by atoms with Gasteiger partial charge < -0.3 is 9.79 Å². The van der Waals surface area contributed by atoms with Gasteiger partial charge in [-0.2, -0.15) is 0 Å². The quantitative estimate of drug-likeness (QED) is 0.831. The Hall–Kier alpha value is -0.250. The third-order valence-corrected chi connectivity index (χ3v) is 2.81. The van der Waals surface area contributed by atoms with E-state index in [0.717, 1.165) is 4.67 Å². The van der Waals surface area contributed by atoms with Gasteiger partial charge in [-0.25, -0.2) is 4.57 Å². The van der Waals surface area contributed by atoms with Crippen LogP contribution in [0.15, 0.2) is 30.3 Å². The Balaban J connectivity index is 0. The molecular formula is C8H14Cl2NO3P. The predicted molar refractivity (Wildman–Crippen MR) is 66.0 cm³/mol. The monoisotopic (exact) mass is 273 g/mol. The van der Waals surface area contributed by atoms with Crippen LogP contribution in [0.4, 0.5) is 5.69 Å². The summed E-state index contributed by atoms with van der Waals surface area (Å²) < 4.78 is 12.0. The number of halogens is 2. The van der Waals surface area contributed by atoms with Crippen LogP contribution in [0.5, 0.6) is 0 Å². The first kappa shape index (κ1) is 17.2. The Morgan fingerprint density at radius 3 is 2.00 bits per heavy atom. The highest BCUT2D eigenvalue weighted by atomic mass is 35.5. The lowest BCUT2D eigenvalue weighted by Crippen LogP contribution is -2.18. The molecule has 0 saturated heterocycles. The molecule has 0 aliphatic heterocycles. The Labute approximate surface area is 101 Å². The molecule has 0 saturated carbocycles. The van der Waals surface area contributed by atoms with Crippen LogP contribution in [-0.2, 0) is 4.57 Å². The van der Waals surface area contributed by atoms with Crippen molar-refractivity contribution in [3.63, 3.8) is 0 Å². The maximum absolute atomic E-state index is 11.0. The molecule has 0 bridgehead atoms. The first-order valence-corrected chi connectivity index (χ1v) is 5.51. The largest absolute Gasteiger partial charge is 0.430 e. The van der Waals surface area contributed by atoms with Gasteiger partial charge in [0.25, 0.3) is 0 Å². The summed E-state index contributed by atoms with van der Waals surface area (Å²) in [4.78, 5) is 17.9. The molecule has 4 nitrogen and oxygen atoms in total. The van der Waals surface area contributed by atoms with E-state index in [1.165, 1.54) is 0 Å². The van der Waals surface area contributed by atoms with Crippen molar-refractivity contribution in [1.29, 1.82) is 0 Å². The Kier molecular flexibility index (Phi) is 8.11. The van der Waals surface area contributed by atoms with Crippen LogP contribution >= 0.6 is 32.6 Å². The fraction of sp³-hybridized carbons (Fsp3) is 0.250. The summed E-state index contributed by atoms with van der Waals surface area (Å²) in [5.74, 6) is 0. The van der Waals surface area contributed by atoms with E-state index < -0.39 is 7.75 Å². The summed E-state index contributed by atoms with van der Waals surface area (Å²) in [5, 5.41) is 0. The van der Waals surface area contributed by atoms with Gasteiger partial charge in [0.05, 0.1) is 0 Å². The average molecular weight is 274 g/mol. The van der Waals surface area contributed by atoms with Crippen LogP contribution in [0.25, 0.3) is 0 Å². The fourth-order valence-corrected chi connectivity index (χ4v) is 1.92. The van der Waals surface area contributed by atoms with Crippen LogP contribution < -0.4 is 4.67 Å². The molecular weight excluding hydrogens is 260 g/mol. The van der Waals surface area contributed by atoms with Crippen molar-refractivity contribution in [3.05, 3.63) is 30.3 Å². The van der Waals surface area contributed by atoms with Crippen LogP contribution in [0.3, 0.4) is 0 Å². The first-order valence-electron chi connectivity index (χ1n) is 3.94. The second-order valence-corrected chi connectivity index (χ2v) is 4.07. The second kappa shape index (κ2) is 7.09. The number of benzene rings is 1. The maximum atomic E-state index is 11.0. The third-order valence-electron chi connectivity index (χ3n) is 1.67. The number of hydrogen-bond acceptors (Lipinski definition) is 1. The van der Waals surface area contributed by atoms with Crippen molar-refractivity contribution in [1.82, 2.24) is 0 Å². The summed E-state index contributed by atoms with van der Waals surface area (Å²) in [6.45, 7) is 1.99. The SMILES string of the molecule is CCN(c1ccccc1)P(=O)(O)O.Cl.Cl. The van der Waals surface area contributed by atoms with E-state index in [1.807, 2.05) is 0 Å². The molecule has 0 radical (unpaired) electrons. The van der Waals surface area contributed by atoms with E-state index in [-0.39, 0.29) is 31.4 Å². The highest BCUT2D eigenvalue weighted by Gasteiger charge is 2.23. The van der Waals surface area contributed by atoms with Crippen LogP contribution in [0.2, 0.25) is 0 Å². The number of hydrogen-bond donors (Lipinski definition) is 2. The highest BCUT2D eigenvalue weighted by molar-refractivity contribution is 7.53. The highest BCUT2D eigenvalue weighted by Crippen LogP contribution is 2.43. The minimum Gasteiger partial charge on any atom is -0.308 e. The lowest BCUT2D eigenvalue weighted by atomic mass is 10.3. The Morgan fingerprint density at radius 1 is 1.20 bits per heavy atom. The number of nitrogens with zero attached hydrogens (tertiary/aromatic N) is 1. The standard InChI is InChI=1S/C8H12NO3P.2ClH/c1-2-9(13(10,11)12)8-6-4-3-5-7-8;;/h3-7H,2H2,1H3,(H2,10,11,12);2*1H. The Morgan fingerprint density at radius 2 is 1.67 bits per heavy atom. The number of rotatable bonds is 3. The van der Waals surface area contributed by atoms with Crippen LogP contribution in [0.1, 0.15) is 6.92 Å². The number of anilines is 1. The molecule has 0 atom stereocenters. The van der Waals surface area contributed by atoms with Gasteiger partial charge in [0.15, 0.2) is 0 Å². The van der Waals surface area contributed by atoms with Crippen molar-refractivity contribution in [2.24, 2.45) is 0 Å². The van der Waals surface area contributed by atoms with E-state index >= 15 is 0 Å². The molecule has 1 aromatic carbocycles. The van der Waals surface area contributed by atoms with E-state index in [9.17, 15) is 4.57 Å². The summed E-state index contributed by atoms with van der Waals surface area (Å²) in [5.41, 5.74) is 0.540. The van der Waals surface area contributed by atoms with E-state index in [0.29, 0.717) is 5.69 Å². The van der Waals surface area contributed by atoms with Crippen molar-refractivity contribution in [2.45, 2.75) is 6.92 Å². The van der Waals surface area contributed by atoms with Gasteiger partial charge >= 0.3 is 7.75 Å². The molecule has 2 N–H and O–H groups in total. The van der Waals surface area contributed by atoms with Gasteiger partial charge in [0, 0.05) is 12.2 Å². The molecule has 0 amide bonds. The molecule has 0 fully saturated rings. The molecule has 0 spiro atoms. The minimum absolute atomic E-state index is 0. The molecule has 0 unspecified atom stereocenters. The van der Waals surface area contributed by atoms with E-state index in [4.69, 9.17) is 9.79 Å². The summed E-state index contributed by atoms with van der Waals surface area (Å²) in [7, 11) is -4.16. The van der Waals surface area contributed by atoms with Crippen molar-refractivity contribution >= 4 is 38.2 Å². The van der Waals surface area contributed by atoms with Gasteiger partial charge in [0.1, 0.15) is 0 Å². The van der Waals surface area contributed by atoms with Gasteiger partial charge in [-0.15, -0.1) is 24.8 Å². The maximum Gasteiger partial charge on any atom is 0.430 e. The lowest BCUT2D eigenvalue weighted by Gasteiger charge is -2.23. The van der Waals surface area contributed by atoms with Gasteiger partial charge in [0.2, 0.25) is 0 Å². The van der Waals surface area contributed by atoms with Crippen molar-refractivity contribution in [2.75, 3.05) is 11.2 Å². The third kappa shape index (κ3) is 4.87. The zero-order chi connectivity index (χ0) is 9.90. The summed E-state index contributed by atoms with van der Waals surface area (Å²) in [6, 6.07) is 8.63. The first-order chi connectivity index (χ1) is 6.05. The molecule has 0 aliphatic rings. The second-order valence-electron chi connectivity index (χ2n) is 2.56. The fourth-order valence-electron chi connectivity index (χ4n) is 1.12. The Bertz CT molecular complexity index is 317. The molecule has 1 aromatic rings. The van der Waals surface area contributed by atoms with E-state index in [2.05, 4.69) is 0 Å². The smallest absolute Gasteiger partial charge is 0.308 e. The molecule has 0 aromatic heterocycles. The molecule has 15 heavy (non-hydrogen) atoms. The van der Waals surface area contributed by atoms with Crippen LogP contribution in [-0.4, -0.2) is 16.3 Å². The average Bonchev–Trinajstić information content (AvgIpc) is 2.05. The molecule has 7 heteroatoms. The molecule has 88 valence electrons. The predicted octanol–water partition coefficient (Wildman–Crippen LogP) is 2.45. The van der Waals surface area contributed by atoms with Crippen molar-refractivity contribution in [3.8, 4) is 0 Å². The molecule has 1 rings (SSSR count). The summed E-state index contributed by atoms with van der Waals surface area (Å²) >= 11 is 0. The van der Waals surface area contributed by atoms with Crippen molar-refractivity contribution < 1.29 is 14.4 Å². The molecule has 0 aliphatic carbocycles. The van der Waals surface area contributed by atoms with Crippen LogP contribution in [0, 0.1) is 0 Å². The topological polar surface area (TPSA) is 60.8 Å². The summed E-state index contributed by atoms with van der Waals surface area (Å²) in [6.07, 6.45) is 0. The van der Waals surface area contributed by atoms with Gasteiger partial charge in [-0.05, 0) is 19.1 Å². The van der Waals surface area contributed by atoms with E-state index in [1.54, 1.807) is 37.3 Å². The lowest BCUT2D eigenvalue weighted by molar-refractivity contribution is 0.369. The number of para-hydroxylation sites is 1. The van der Waals surface area contributed by atoms with Gasteiger partial charge in [-0.1, -0.05) is 18.2 Å². The minimum atomic E-state index is -4.16. The normalized spacial score (nSPS) is 9.80. The zero-order valence-electron chi connectivity index (χ0n) is 8.11.